The van der Waals surface area contributed by atoms with Gasteiger partial charge in [0.25, 0.3) is 11.8 Å². The third kappa shape index (κ3) is 30.6. The van der Waals surface area contributed by atoms with Crippen molar-refractivity contribution in [3.8, 4) is 0 Å². The van der Waals surface area contributed by atoms with E-state index in [1.807, 2.05) is 12.2 Å². The number of carbonyl (C=O) groups is 8. The van der Waals surface area contributed by atoms with Crippen LogP contribution < -0.4 is 0 Å². The van der Waals surface area contributed by atoms with Gasteiger partial charge in [-0.05, 0) is 64.2 Å². The minimum absolute atomic E-state index is 0.0463. The number of unbranched alkanes of at least 4 members (excludes halogenated alkanes) is 28. The molecule has 69 heavy (non-hydrogen) atoms. The lowest BCUT2D eigenvalue weighted by Gasteiger charge is -2.28. The molecule has 1 unspecified atom stereocenters. The molecule has 0 spiro atoms. The summed E-state index contributed by atoms with van der Waals surface area (Å²) in [7, 11) is 0. The van der Waals surface area contributed by atoms with Gasteiger partial charge in [-0.1, -0.05) is 179 Å². The average molecular weight is 978 g/mol. The van der Waals surface area contributed by atoms with Gasteiger partial charge in [0.15, 0.2) is 10.8 Å². The molecular formula is C54H91NO14. The van der Waals surface area contributed by atoms with Crippen molar-refractivity contribution in [3.63, 3.8) is 0 Å². The maximum atomic E-state index is 13.1. The van der Waals surface area contributed by atoms with Crippen molar-refractivity contribution in [3.05, 3.63) is 25.3 Å². The van der Waals surface area contributed by atoms with Gasteiger partial charge in [-0.2, -0.15) is 0 Å². The molecule has 15 nitrogen and oxygen atoms in total. The number of amides is 2. The Hall–Kier alpha value is -4.56. The molecule has 0 aromatic rings. The van der Waals surface area contributed by atoms with E-state index in [9.17, 15) is 53.7 Å². The van der Waals surface area contributed by atoms with Crippen LogP contribution in [0.4, 0.5) is 0 Å². The predicted octanol–water partition coefficient (Wildman–Crippen LogP) is 13.2. The van der Waals surface area contributed by atoms with Crippen LogP contribution >= 0.6 is 0 Å². The lowest BCUT2D eigenvalue weighted by atomic mass is 9.77. The van der Waals surface area contributed by atoms with Crippen molar-refractivity contribution in [2.45, 2.75) is 257 Å². The zero-order chi connectivity index (χ0) is 51.6. The standard InChI is InChI=1S/C29H47NO8.C25H44O6/c1-2-3-4-5-6-8-11-14-17-22-29(27(35)36,28(37)38-30-24(31)20-21-25(30)32)23-18-15-12-9-7-10-13-16-19-26(33)34;1-2-3-4-5-6-8-11-14-17-20-25(23(28)29,24(30)31)21-18-15-12-9-7-10-13-16-19-22(26)27/h2H,1,3-23H2,(H,33,34)(H,35,36);2H,1,3-21H2,(H,26,27)(H,28,29)(H,30,31). The van der Waals surface area contributed by atoms with Crippen LogP contribution in [0.2, 0.25) is 0 Å². The molecule has 0 aromatic heterocycles. The zero-order valence-electron chi connectivity index (χ0n) is 42.2. The van der Waals surface area contributed by atoms with Crippen LogP contribution in [0.15, 0.2) is 25.3 Å². The quantitative estimate of drug-likeness (QED) is 0.0165. The van der Waals surface area contributed by atoms with E-state index in [0.717, 1.165) is 161 Å². The largest absolute Gasteiger partial charge is 0.481 e. The third-order valence-electron chi connectivity index (χ3n) is 13.3. The Morgan fingerprint density at radius 2 is 0.652 bits per heavy atom. The van der Waals surface area contributed by atoms with Gasteiger partial charge >= 0.3 is 35.8 Å². The van der Waals surface area contributed by atoms with Crippen LogP contribution in [0.5, 0.6) is 0 Å². The Kier molecular flexibility index (Phi) is 38.5. The van der Waals surface area contributed by atoms with Crippen molar-refractivity contribution < 1.29 is 68.7 Å². The van der Waals surface area contributed by atoms with Crippen LogP contribution in [0.25, 0.3) is 0 Å². The highest BCUT2D eigenvalue weighted by Gasteiger charge is 2.49. The Bertz CT molecular complexity index is 1480. The zero-order valence-corrected chi connectivity index (χ0v) is 42.2. The Balaban J connectivity index is 0.00000137. The molecule has 0 saturated carbocycles. The summed E-state index contributed by atoms with van der Waals surface area (Å²) in [6.45, 7) is 7.43. The molecule has 0 aliphatic carbocycles. The molecule has 5 N–H and O–H groups in total. The lowest BCUT2D eigenvalue weighted by molar-refractivity contribution is -0.208. The second-order valence-electron chi connectivity index (χ2n) is 19.1. The van der Waals surface area contributed by atoms with Gasteiger partial charge in [-0.25, -0.2) is 4.79 Å². The fourth-order valence-corrected chi connectivity index (χ4v) is 8.83. The highest BCUT2D eigenvalue weighted by Crippen LogP contribution is 2.36. The normalized spacial score (nSPS) is 13.3. The van der Waals surface area contributed by atoms with E-state index in [0.29, 0.717) is 43.6 Å². The van der Waals surface area contributed by atoms with Gasteiger partial charge in [0.1, 0.15) is 0 Å². The summed E-state index contributed by atoms with van der Waals surface area (Å²) in [6.07, 6.45) is 34.4. The smallest absolute Gasteiger partial charge is 0.350 e. The molecule has 15 heteroatoms. The van der Waals surface area contributed by atoms with Gasteiger partial charge in [-0.3, -0.25) is 33.6 Å². The second kappa shape index (κ2) is 41.2. The monoisotopic (exact) mass is 978 g/mol. The van der Waals surface area contributed by atoms with Gasteiger partial charge in [0.2, 0.25) is 0 Å². The first kappa shape index (κ1) is 64.4. The summed E-state index contributed by atoms with van der Waals surface area (Å²) >= 11 is 0. The number of nitrogens with zero attached hydrogens (tertiary/aromatic N) is 1. The van der Waals surface area contributed by atoms with Crippen molar-refractivity contribution in [1.82, 2.24) is 5.06 Å². The number of hydrogen-bond donors (Lipinski definition) is 5. The molecule has 1 saturated heterocycles. The van der Waals surface area contributed by atoms with Crippen LogP contribution in [-0.2, 0) is 43.2 Å². The second-order valence-corrected chi connectivity index (χ2v) is 19.1. The molecule has 0 bridgehead atoms. The molecular weight excluding hydrogens is 887 g/mol. The number of hydroxylamine groups is 2. The van der Waals surface area contributed by atoms with Crippen LogP contribution in [0.3, 0.4) is 0 Å². The summed E-state index contributed by atoms with van der Waals surface area (Å²) in [5.41, 5.74) is -3.44. The van der Waals surface area contributed by atoms with E-state index >= 15 is 0 Å². The van der Waals surface area contributed by atoms with Crippen LogP contribution in [-0.4, -0.2) is 78.2 Å². The summed E-state index contributed by atoms with van der Waals surface area (Å²) in [4.78, 5) is 99.2. The van der Waals surface area contributed by atoms with E-state index in [1.54, 1.807) is 0 Å². The lowest BCUT2D eigenvalue weighted by Crippen LogP contribution is -2.45. The van der Waals surface area contributed by atoms with Crippen LogP contribution in [0, 0.1) is 10.8 Å². The maximum Gasteiger partial charge on any atom is 0.350 e. The number of carbonyl (C=O) groups excluding carboxylic acids is 3. The molecule has 396 valence electrons. The Morgan fingerprint density at radius 3 is 0.913 bits per heavy atom. The van der Waals surface area contributed by atoms with Crippen molar-refractivity contribution in [2.24, 2.45) is 10.8 Å². The van der Waals surface area contributed by atoms with E-state index in [4.69, 9.17) is 15.1 Å². The Morgan fingerprint density at radius 1 is 0.406 bits per heavy atom. The highest BCUT2D eigenvalue weighted by molar-refractivity contribution is 6.04. The Labute approximate surface area is 413 Å². The molecule has 1 atom stereocenters. The highest BCUT2D eigenvalue weighted by atomic mass is 16.7. The van der Waals surface area contributed by atoms with E-state index in [1.165, 1.54) is 6.42 Å². The number of carboxylic acid groups (broad SMARTS) is 5. The van der Waals surface area contributed by atoms with Crippen LogP contribution in [0.1, 0.15) is 257 Å². The molecule has 1 fully saturated rings. The molecule has 0 radical (unpaired) electrons. The minimum atomic E-state index is -1.79. The number of rotatable bonds is 47. The minimum Gasteiger partial charge on any atom is -0.481 e. The fourth-order valence-electron chi connectivity index (χ4n) is 8.83. The van der Waals surface area contributed by atoms with E-state index in [2.05, 4.69) is 13.2 Å². The summed E-state index contributed by atoms with van der Waals surface area (Å²) in [6, 6.07) is 0. The molecule has 1 heterocycles. The van der Waals surface area contributed by atoms with Gasteiger partial charge in [0.05, 0.1) is 0 Å². The average Bonchev–Trinajstić information content (AvgIpc) is 3.62. The summed E-state index contributed by atoms with van der Waals surface area (Å²) in [5.74, 6) is -7.49. The van der Waals surface area contributed by atoms with Gasteiger partial charge < -0.3 is 30.4 Å². The predicted molar refractivity (Wildman–Crippen MR) is 266 cm³/mol. The first-order valence-electron chi connectivity index (χ1n) is 26.5. The molecule has 1 aliphatic heterocycles. The molecule has 2 amide bonds. The van der Waals surface area contributed by atoms with Crippen molar-refractivity contribution in [1.29, 1.82) is 0 Å². The third-order valence-corrected chi connectivity index (χ3v) is 13.3. The fraction of sp³-hybridized carbons (Fsp3) is 0.778. The summed E-state index contributed by atoms with van der Waals surface area (Å²) < 4.78 is 0. The van der Waals surface area contributed by atoms with Crippen molar-refractivity contribution in [2.75, 3.05) is 0 Å². The van der Waals surface area contributed by atoms with Gasteiger partial charge in [-0.15, -0.1) is 18.2 Å². The maximum absolute atomic E-state index is 13.1. The van der Waals surface area contributed by atoms with E-state index < -0.39 is 58.5 Å². The summed E-state index contributed by atoms with van der Waals surface area (Å²) in [5, 5.41) is 47.2. The first-order valence-corrected chi connectivity index (χ1v) is 26.5. The van der Waals surface area contributed by atoms with Crippen molar-refractivity contribution >= 4 is 47.6 Å². The first-order chi connectivity index (χ1) is 33.1. The SMILES string of the molecule is C=CCCCCCCCCCC(CCCCCCCCCCC(=O)O)(C(=O)O)C(=O)O.C=CCCCCCCCCCC(CCCCCCCCCCC(=O)O)(C(=O)O)C(=O)ON1C(=O)CCC1=O. The number of hydrogen-bond acceptors (Lipinski definition) is 9. The number of allylic oxidation sites excluding steroid dienone is 2. The number of carboxylic acids is 5. The topological polar surface area (TPSA) is 250 Å². The van der Waals surface area contributed by atoms with E-state index in [-0.39, 0.29) is 51.4 Å². The van der Waals surface area contributed by atoms with Gasteiger partial charge in [0, 0.05) is 25.7 Å². The molecule has 1 rings (SSSR count). The molecule has 1 aliphatic rings. The number of aliphatic carboxylic acids is 5. The molecule has 0 aromatic carbocycles. The number of imide groups is 1.